The SMILES string of the molecule is CCN(CC)CC(C)Nc1ncccc1C(F)(F)F. The number of rotatable bonds is 6. The molecule has 1 aromatic heterocycles. The smallest absolute Gasteiger partial charge is 0.366 e. The van der Waals surface area contributed by atoms with Gasteiger partial charge in [0.1, 0.15) is 5.82 Å². The average Bonchev–Trinajstić information content (AvgIpc) is 2.35. The van der Waals surface area contributed by atoms with E-state index in [9.17, 15) is 13.2 Å². The van der Waals surface area contributed by atoms with Crippen molar-refractivity contribution >= 4 is 5.82 Å². The van der Waals surface area contributed by atoms with Gasteiger partial charge in [-0.3, -0.25) is 0 Å². The Morgan fingerprint density at radius 1 is 1.32 bits per heavy atom. The zero-order chi connectivity index (χ0) is 14.5. The molecule has 0 fully saturated rings. The highest BCUT2D eigenvalue weighted by molar-refractivity contribution is 5.46. The molecule has 0 aliphatic heterocycles. The lowest BCUT2D eigenvalue weighted by atomic mass is 10.2. The van der Waals surface area contributed by atoms with E-state index in [1.54, 1.807) is 0 Å². The lowest BCUT2D eigenvalue weighted by molar-refractivity contribution is -0.137. The van der Waals surface area contributed by atoms with Crippen LogP contribution >= 0.6 is 0 Å². The summed E-state index contributed by atoms with van der Waals surface area (Å²) >= 11 is 0. The molecular weight excluding hydrogens is 255 g/mol. The first-order valence-corrected chi connectivity index (χ1v) is 6.39. The lowest BCUT2D eigenvalue weighted by Crippen LogP contribution is -2.35. The summed E-state index contributed by atoms with van der Waals surface area (Å²) in [6, 6.07) is 2.23. The Balaban J connectivity index is 2.77. The van der Waals surface area contributed by atoms with Crippen LogP contribution < -0.4 is 5.32 Å². The molecule has 0 bridgehead atoms. The molecule has 1 rings (SSSR count). The van der Waals surface area contributed by atoms with Crippen molar-refractivity contribution in [1.29, 1.82) is 0 Å². The maximum atomic E-state index is 12.8. The van der Waals surface area contributed by atoms with Gasteiger partial charge in [0.2, 0.25) is 0 Å². The number of hydrogen-bond donors (Lipinski definition) is 1. The van der Waals surface area contributed by atoms with Crippen molar-refractivity contribution in [2.45, 2.75) is 33.0 Å². The van der Waals surface area contributed by atoms with E-state index < -0.39 is 11.7 Å². The second kappa shape index (κ2) is 6.75. The molecule has 0 saturated carbocycles. The van der Waals surface area contributed by atoms with Gasteiger partial charge in [-0.2, -0.15) is 13.2 Å². The molecule has 0 amide bonds. The number of anilines is 1. The van der Waals surface area contributed by atoms with Crippen molar-refractivity contribution in [3.05, 3.63) is 23.9 Å². The normalized spacial score (nSPS) is 13.6. The van der Waals surface area contributed by atoms with Gasteiger partial charge >= 0.3 is 6.18 Å². The molecule has 1 unspecified atom stereocenters. The topological polar surface area (TPSA) is 28.2 Å². The molecule has 0 aliphatic carbocycles. The van der Waals surface area contributed by atoms with E-state index in [0.29, 0.717) is 6.54 Å². The van der Waals surface area contributed by atoms with Crippen molar-refractivity contribution in [2.75, 3.05) is 25.0 Å². The van der Waals surface area contributed by atoms with Crippen LogP contribution in [-0.4, -0.2) is 35.6 Å². The fourth-order valence-electron chi connectivity index (χ4n) is 1.90. The third-order valence-corrected chi connectivity index (χ3v) is 2.92. The van der Waals surface area contributed by atoms with E-state index in [2.05, 4.69) is 15.2 Å². The minimum Gasteiger partial charge on any atom is -0.366 e. The second-order valence-electron chi connectivity index (χ2n) is 4.43. The highest BCUT2D eigenvalue weighted by Crippen LogP contribution is 2.33. The highest BCUT2D eigenvalue weighted by Gasteiger charge is 2.34. The maximum absolute atomic E-state index is 12.8. The summed E-state index contributed by atoms with van der Waals surface area (Å²) in [6.45, 7) is 8.33. The Hall–Kier alpha value is -1.30. The summed E-state index contributed by atoms with van der Waals surface area (Å²) in [6.07, 6.45) is -3.02. The van der Waals surface area contributed by atoms with Gasteiger partial charge in [0.15, 0.2) is 0 Å². The number of nitrogens with zero attached hydrogens (tertiary/aromatic N) is 2. The molecule has 0 saturated heterocycles. The van der Waals surface area contributed by atoms with Gasteiger partial charge in [-0.15, -0.1) is 0 Å². The van der Waals surface area contributed by atoms with Crippen molar-refractivity contribution in [1.82, 2.24) is 9.88 Å². The molecule has 6 heteroatoms. The van der Waals surface area contributed by atoms with Crippen LogP contribution in [0.3, 0.4) is 0 Å². The third kappa shape index (κ3) is 4.70. The summed E-state index contributed by atoms with van der Waals surface area (Å²) in [4.78, 5) is 5.94. The van der Waals surface area contributed by atoms with Gasteiger partial charge in [0.05, 0.1) is 5.56 Å². The molecule has 3 nitrogen and oxygen atoms in total. The Morgan fingerprint density at radius 2 is 1.95 bits per heavy atom. The summed E-state index contributed by atoms with van der Waals surface area (Å²) < 4.78 is 38.4. The minimum absolute atomic E-state index is 0.101. The standard InChI is InChI=1S/C13H20F3N3/c1-4-19(5-2)9-10(3)18-12-11(13(14,15)16)7-6-8-17-12/h6-8,10H,4-5,9H2,1-3H3,(H,17,18). The number of likely N-dealkylation sites (N-methyl/N-ethyl adjacent to an activating group) is 1. The first-order valence-electron chi connectivity index (χ1n) is 6.39. The Morgan fingerprint density at radius 3 is 2.47 bits per heavy atom. The number of alkyl halides is 3. The monoisotopic (exact) mass is 275 g/mol. The lowest BCUT2D eigenvalue weighted by Gasteiger charge is -2.24. The van der Waals surface area contributed by atoms with Crippen LogP contribution in [0.15, 0.2) is 18.3 Å². The van der Waals surface area contributed by atoms with Crippen molar-refractivity contribution < 1.29 is 13.2 Å². The third-order valence-electron chi connectivity index (χ3n) is 2.92. The number of aromatic nitrogens is 1. The average molecular weight is 275 g/mol. The van der Waals surface area contributed by atoms with Gasteiger partial charge in [0.25, 0.3) is 0 Å². The largest absolute Gasteiger partial charge is 0.419 e. The van der Waals surface area contributed by atoms with E-state index in [0.717, 1.165) is 19.2 Å². The van der Waals surface area contributed by atoms with Gasteiger partial charge in [-0.1, -0.05) is 13.8 Å². The fraction of sp³-hybridized carbons (Fsp3) is 0.615. The summed E-state index contributed by atoms with van der Waals surface area (Å²) in [5.41, 5.74) is -0.721. The van der Waals surface area contributed by atoms with Crippen LogP contribution in [0.25, 0.3) is 0 Å². The number of hydrogen-bond acceptors (Lipinski definition) is 3. The van der Waals surface area contributed by atoms with E-state index in [1.807, 2.05) is 20.8 Å². The quantitative estimate of drug-likeness (QED) is 0.864. The molecule has 1 aromatic rings. The first kappa shape index (κ1) is 15.8. The van der Waals surface area contributed by atoms with Crippen LogP contribution in [-0.2, 0) is 6.18 Å². The van der Waals surface area contributed by atoms with E-state index in [4.69, 9.17) is 0 Å². The van der Waals surface area contributed by atoms with Crippen molar-refractivity contribution in [2.24, 2.45) is 0 Å². The predicted molar refractivity (Wildman–Crippen MR) is 70.1 cm³/mol. The number of halogens is 3. The molecule has 0 aliphatic rings. The number of pyridine rings is 1. The molecule has 108 valence electrons. The molecule has 0 aromatic carbocycles. The van der Waals surface area contributed by atoms with Crippen LogP contribution in [0.4, 0.5) is 19.0 Å². The molecule has 1 atom stereocenters. The molecule has 0 radical (unpaired) electrons. The molecule has 1 heterocycles. The Labute approximate surface area is 111 Å². The zero-order valence-electron chi connectivity index (χ0n) is 11.5. The summed E-state index contributed by atoms with van der Waals surface area (Å²) in [5, 5.41) is 2.84. The Bertz CT molecular complexity index is 389. The van der Waals surface area contributed by atoms with Crippen molar-refractivity contribution in [3.8, 4) is 0 Å². The summed E-state index contributed by atoms with van der Waals surface area (Å²) in [5.74, 6) is -0.102. The van der Waals surface area contributed by atoms with Crippen molar-refractivity contribution in [3.63, 3.8) is 0 Å². The Kier molecular flexibility index (Phi) is 5.60. The first-order chi connectivity index (χ1) is 8.88. The van der Waals surface area contributed by atoms with Gasteiger partial charge in [0, 0.05) is 18.8 Å². The van der Waals surface area contributed by atoms with E-state index >= 15 is 0 Å². The molecule has 0 spiro atoms. The van der Waals surface area contributed by atoms with Crippen LogP contribution in [0.5, 0.6) is 0 Å². The fourth-order valence-corrected chi connectivity index (χ4v) is 1.90. The summed E-state index contributed by atoms with van der Waals surface area (Å²) in [7, 11) is 0. The van der Waals surface area contributed by atoms with Crippen LogP contribution in [0.1, 0.15) is 26.3 Å². The molecule has 19 heavy (non-hydrogen) atoms. The van der Waals surface area contributed by atoms with Crippen LogP contribution in [0, 0.1) is 0 Å². The predicted octanol–water partition coefficient (Wildman–Crippen LogP) is 3.24. The number of nitrogens with one attached hydrogen (secondary N) is 1. The van der Waals surface area contributed by atoms with Gasteiger partial charge < -0.3 is 10.2 Å². The minimum atomic E-state index is -4.38. The van der Waals surface area contributed by atoms with E-state index in [-0.39, 0.29) is 11.9 Å². The second-order valence-corrected chi connectivity index (χ2v) is 4.43. The zero-order valence-corrected chi connectivity index (χ0v) is 11.5. The van der Waals surface area contributed by atoms with Gasteiger partial charge in [-0.25, -0.2) is 4.98 Å². The maximum Gasteiger partial charge on any atom is 0.419 e. The molecule has 1 N–H and O–H groups in total. The van der Waals surface area contributed by atoms with Crippen LogP contribution in [0.2, 0.25) is 0 Å². The van der Waals surface area contributed by atoms with E-state index in [1.165, 1.54) is 12.3 Å². The van der Waals surface area contributed by atoms with Gasteiger partial charge in [-0.05, 0) is 32.1 Å². The highest BCUT2D eigenvalue weighted by atomic mass is 19.4. The molecular formula is C13H20F3N3.